The van der Waals surface area contributed by atoms with Crippen LogP contribution in [0.15, 0.2) is 84.9 Å². The van der Waals surface area contributed by atoms with Gasteiger partial charge >= 0.3 is 12.0 Å². The van der Waals surface area contributed by atoms with Crippen molar-refractivity contribution in [2.45, 2.75) is 38.8 Å². The van der Waals surface area contributed by atoms with Gasteiger partial charge in [0.1, 0.15) is 18.3 Å². The van der Waals surface area contributed by atoms with Gasteiger partial charge in [0.05, 0.1) is 0 Å². The summed E-state index contributed by atoms with van der Waals surface area (Å²) in [7, 11) is 0. The number of phenols is 1. The first-order chi connectivity index (χ1) is 18.7. The van der Waals surface area contributed by atoms with E-state index in [1.807, 2.05) is 13.8 Å². The highest BCUT2D eigenvalue weighted by molar-refractivity contribution is 6.07. The van der Waals surface area contributed by atoms with E-state index in [1.54, 1.807) is 72.8 Å². The van der Waals surface area contributed by atoms with Gasteiger partial charge in [-0.25, -0.2) is 4.79 Å². The number of phenolic OH excluding ortho intramolecular Hbond substituents is 1. The second kappa shape index (κ2) is 13.6. The Bertz CT molecular complexity index is 1270. The van der Waals surface area contributed by atoms with Crippen LogP contribution in [0.25, 0.3) is 0 Å². The molecule has 0 saturated heterocycles. The molecule has 0 unspecified atom stereocenters. The number of hydrogen-bond donors (Lipinski definition) is 4. The standard InChI is InChI=1S/C29H32N4O6/c1-20(2)33(23-13-15-24(34)16-14-23)26(35)19-32(22-11-7-4-8-12-22)28(38)25(17-18-27(36)37)31-29(39)30-21-9-5-3-6-10-21/h3-16,20,25,34H,17-19H2,1-2H3,(H,36,37)(H2,30,31,39)/t25-/m1/s1. The molecule has 10 nitrogen and oxygen atoms in total. The van der Waals surface area contributed by atoms with Crippen LogP contribution in [0.5, 0.6) is 5.75 Å². The molecule has 0 aliphatic rings. The minimum Gasteiger partial charge on any atom is -0.508 e. The number of aromatic hydroxyl groups is 1. The number of nitrogens with one attached hydrogen (secondary N) is 2. The average Bonchev–Trinajstić information content (AvgIpc) is 2.91. The van der Waals surface area contributed by atoms with Crippen molar-refractivity contribution in [2.75, 3.05) is 21.7 Å². The topological polar surface area (TPSA) is 139 Å². The number of urea groups is 1. The Morgan fingerprint density at radius 2 is 1.41 bits per heavy atom. The Hall–Kier alpha value is -4.86. The predicted molar refractivity (Wildman–Crippen MR) is 149 cm³/mol. The number of carboxylic acid groups (broad SMARTS) is 1. The number of carbonyl (C=O) groups excluding carboxylic acids is 3. The van der Waals surface area contributed by atoms with E-state index in [4.69, 9.17) is 0 Å². The van der Waals surface area contributed by atoms with E-state index >= 15 is 0 Å². The van der Waals surface area contributed by atoms with Crippen LogP contribution >= 0.6 is 0 Å². The van der Waals surface area contributed by atoms with Crippen LogP contribution in [0.4, 0.5) is 21.9 Å². The van der Waals surface area contributed by atoms with Gasteiger partial charge in [0.2, 0.25) is 11.8 Å². The van der Waals surface area contributed by atoms with Gasteiger partial charge in [0.25, 0.3) is 0 Å². The Labute approximate surface area is 226 Å². The lowest BCUT2D eigenvalue weighted by Crippen LogP contribution is -2.53. The van der Waals surface area contributed by atoms with Gasteiger partial charge < -0.3 is 30.6 Å². The maximum absolute atomic E-state index is 13.8. The molecule has 0 aliphatic heterocycles. The number of hydrogen-bond acceptors (Lipinski definition) is 5. The van der Waals surface area contributed by atoms with E-state index in [0.717, 1.165) is 0 Å². The van der Waals surface area contributed by atoms with Crippen molar-refractivity contribution >= 4 is 40.9 Å². The van der Waals surface area contributed by atoms with Gasteiger partial charge in [0.15, 0.2) is 0 Å². The molecule has 1 atom stereocenters. The van der Waals surface area contributed by atoms with Gasteiger partial charge in [-0.05, 0) is 68.8 Å². The summed E-state index contributed by atoms with van der Waals surface area (Å²) in [5.74, 6) is -2.11. The summed E-state index contributed by atoms with van der Waals surface area (Å²) in [4.78, 5) is 54.2. The quantitative estimate of drug-likeness (QED) is 0.292. The highest BCUT2D eigenvalue weighted by Gasteiger charge is 2.31. The Kier molecular flexibility index (Phi) is 10.0. The number of anilines is 3. The molecule has 4 N–H and O–H groups in total. The van der Waals surface area contributed by atoms with Crippen LogP contribution < -0.4 is 20.4 Å². The lowest BCUT2D eigenvalue weighted by atomic mass is 10.1. The zero-order valence-corrected chi connectivity index (χ0v) is 21.8. The molecule has 3 rings (SSSR count). The molecule has 0 spiro atoms. The van der Waals surface area contributed by atoms with Crippen molar-refractivity contribution in [3.8, 4) is 5.75 Å². The summed E-state index contributed by atoms with van der Waals surface area (Å²) < 4.78 is 0. The fraction of sp³-hybridized carbons (Fsp3) is 0.241. The van der Waals surface area contributed by atoms with Gasteiger partial charge in [-0.3, -0.25) is 14.4 Å². The fourth-order valence-electron chi connectivity index (χ4n) is 4.02. The average molecular weight is 533 g/mol. The second-order valence-electron chi connectivity index (χ2n) is 9.08. The molecule has 3 aromatic carbocycles. The molecule has 39 heavy (non-hydrogen) atoms. The van der Waals surface area contributed by atoms with E-state index in [9.17, 15) is 29.4 Å². The van der Waals surface area contributed by atoms with Gasteiger partial charge in [0, 0.05) is 29.5 Å². The first-order valence-corrected chi connectivity index (χ1v) is 12.5. The van der Waals surface area contributed by atoms with E-state index < -0.39 is 29.9 Å². The second-order valence-corrected chi connectivity index (χ2v) is 9.08. The minimum atomic E-state index is -1.22. The molecule has 204 valence electrons. The fourth-order valence-corrected chi connectivity index (χ4v) is 4.02. The van der Waals surface area contributed by atoms with Crippen molar-refractivity contribution < 1.29 is 29.4 Å². The number of carbonyl (C=O) groups is 4. The van der Waals surface area contributed by atoms with Gasteiger partial charge in [-0.15, -0.1) is 0 Å². The van der Waals surface area contributed by atoms with Crippen molar-refractivity contribution in [3.63, 3.8) is 0 Å². The van der Waals surface area contributed by atoms with Crippen LogP contribution in [0.1, 0.15) is 26.7 Å². The summed E-state index contributed by atoms with van der Waals surface area (Å²) >= 11 is 0. The summed E-state index contributed by atoms with van der Waals surface area (Å²) in [5.41, 5.74) is 1.45. The van der Waals surface area contributed by atoms with E-state index in [2.05, 4.69) is 10.6 Å². The SMILES string of the molecule is CC(C)N(C(=O)CN(C(=O)[C@@H](CCC(=O)O)NC(=O)Nc1ccccc1)c1ccccc1)c1ccc(O)cc1. The van der Waals surface area contributed by atoms with Gasteiger partial charge in [-0.1, -0.05) is 36.4 Å². The Morgan fingerprint density at radius 3 is 1.97 bits per heavy atom. The van der Waals surface area contributed by atoms with E-state index in [0.29, 0.717) is 17.1 Å². The molecular weight excluding hydrogens is 500 g/mol. The number of rotatable bonds is 11. The molecule has 3 aromatic rings. The number of aliphatic carboxylic acids is 1. The van der Waals surface area contributed by atoms with Gasteiger partial charge in [-0.2, -0.15) is 0 Å². The molecule has 0 fully saturated rings. The smallest absolute Gasteiger partial charge is 0.319 e. The number of carboxylic acids is 1. The van der Waals surface area contributed by atoms with Crippen molar-refractivity contribution in [2.24, 2.45) is 0 Å². The van der Waals surface area contributed by atoms with Crippen LogP contribution in [0, 0.1) is 0 Å². The summed E-state index contributed by atoms with van der Waals surface area (Å²) in [6.07, 6.45) is -0.552. The molecule has 0 bridgehead atoms. The zero-order valence-electron chi connectivity index (χ0n) is 21.8. The summed E-state index contributed by atoms with van der Waals surface area (Å²) in [6, 6.07) is 21.1. The first kappa shape index (κ1) is 28.7. The minimum absolute atomic E-state index is 0.0529. The third-order valence-electron chi connectivity index (χ3n) is 5.82. The molecule has 10 heteroatoms. The highest BCUT2D eigenvalue weighted by Crippen LogP contribution is 2.23. The number of para-hydroxylation sites is 2. The monoisotopic (exact) mass is 532 g/mol. The number of nitrogens with zero attached hydrogens (tertiary/aromatic N) is 2. The van der Waals surface area contributed by atoms with Crippen LogP contribution in [0.3, 0.4) is 0 Å². The molecule has 0 heterocycles. The van der Waals surface area contributed by atoms with Crippen molar-refractivity contribution in [3.05, 3.63) is 84.9 Å². The van der Waals surface area contributed by atoms with Crippen molar-refractivity contribution in [1.82, 2.24) is 5.32 Å². The molecule has 0 aliphatic carbocycles. The third kappa shape index (κ3) is 8.32. The maximum Gasteiger partial charge on any atom is 0.319 e. The summed E-state index contributed by atoms with van der Waals surface area (Å²) in [5, 5.41) is 24.1. The third-order valence-corrected chi connectivity index (χ3v) is 5.82. The number of benzene rings is 3. The zero-order chi connectivity index (χ0) is 28.4. The normalized spacial score (nSPS) is 11.4. The van der Waals surface area contributed by atoms with Crippen molar-refractivity contribution in [1.29, 1.82) is 0 Å². The number of amides is 4. The first-order valence-electron chi connectivity index (χ1n) is 12.5. The Morgan fingerprint density at radius 1 is 0.821 bits per heavy atom. The molecule has 0 saturated carbocycles. The molecule has 0 aromatic heterocycles. The van der Waals surface area contributed by atoms with Crippen LogP contribution in [0.2, 0.25) is 0 Å². The summed E-state index contributed by atoms with van der Waals surface area (Å²) in [6.45, 7) is 3.28. The molecule has 0 radical (unpaired) electrons. The van der Waals surface area contributed by atoms with Crippen LogP contribution in [-0.2, 0) is 14.4 Å². The van der Waals surface area contributed by atoms with E-state index in [1.165, 1.54) is 21.9 Å². The molecule has 4 amide bonds. The van der Waals surface area contributed by atoms with Crippen LogP contribution in [-0.4, -0.2) is 52.7 Å². The maximum atomic E-state index is 13.8. The predicted octanol–water partition coefficient (Wildman–Crippen LogP) is 4.22. The lowest BCUT2D eigenvalue weighted by Gasteiger charge is -2.32. The highest BCUT2D eigenvalue weighted by atomic mass is 16.4. The van der Waals surface area contributed by atoms with E-state index in [-0.39, 0.29) is 31.2 Å². The molecular formula is C29H32N4O6. The lowest BCUT2D eigenvalue weighted by molar-refractivity contribution is -0.137. The Balaban J connectivity index is 1.89. The largest absolute Gasteiger partial charge is 0.508 e.